The topological polar surface area (TPSA) is 60.2 Å². The molecule has 4 rings (SSSR count). The van der Waals surface area contributed by atoms with Crippen molar-refractivity contribution in [3.05, 3.63) is 66.4 Å². The van der Waals surface area contributed by atoms with Crippen LogP contribution in [-0.4, -0.2) is 22.0 Å². The molecule has 1 fully saturated rings. The quantitative estimate of drug-likeness (QED) is 0.639. The number of aromatic amines is 1. The van der Waals surface area contributed by atoms with E-state index >= 15 is 0 Å². The number of benzene rings is 2. The normalized spacial score (nSPS) is 17.2. The van der Waals surface area contributed by atoms with Crippen molar-refractivity contribution in [1.29, 1.82) is 0 Å². The molecule has 0 spiro atoms. The predicted molar refractivity (Wildman–Crippen MR) is 98.6 cm³/mol. The van der Waals surface area contributed by atoms with Crippen LogP contribution in [0.5, 0.6) is 0 Å². The van der Waals surface area contributed by atoms with E-state index in [4.69, 9.17) is 12.2 Å². The fourth-order valence-corrected chi connectivity index (χ4v) is 3.28. The zero-order valence-corrected chi connectivity index (χ0v) is 13.6. The fourth-order valence-electron chi connectivity index (χ4n) is 3.01. The molecule has 24 heavy (non-hydrogen) atoms. The van der Waals surface area contributed by atoms with Crippen LogP contribution in [0.4, 0.5) is 5.69 Å². The minimum atomic E-state index is -0.520. The van der Waals surface area contributed by atoms with Crippen molar-refractivity contribution < 1.29 is 4.79 Å². The Hall–Kier alpha value is -2.70. The first kappa shape index (κ1) is 14.9. The van der Waals surface area contributed by atoms with Crippen molar-refractivity contribution in [3.8, 4) is 0 Å². The number of thiocarbonyl (C=S) groups is 1. The first-order valence-electron chi connectivity index (χ1n) is 7.71. The number of ketones is 1. The van der Waals surface area contributed by atoms with Gasteiger partial charge in [0.15, 0.2) is 17.1 Å². The zero-order chi connectivity index (χ0) is 16.5. The van der Waals surface area contributed by atoms with Gasteiger partial charge in [-0.15, -0.1) is 0 Å². The number of anilines is 1. The van der Waals surface area contributed by atoms with Crippen molar-refractivity contribution in [2.45, 2.75) is 12.6 Å². The van der Waals surface area contributed by atoms with E-state index in [0.717, 1.165) is 22.2 Å². The average molecular weight is 336 g/mol. The van der Waals surface area contributed by atoms with Gasteiger partial charge in [0.05, 0.1) is 0 Å². The Morgan fingerprint density at radius 1 is 1.08 bits per heavy atom. The molecule has 1 aliphatic heterocycles. The van der Waals surface area contributed by atoms with E-state index in [-0.39, 0.29) is 5.78 Å². The lowest BCUT2D eigenvalue weighted by Crippen LogP contribution is -2.44. The van der Waals surface area contributed by atoms with Crippen LogP contribution in [0.25, 0.3) is 10.9 Å². The lowest BCUT2D eigenvalue weighted by Gasteiger charge is -2.23. The molecule has 5 nitrogen and oxygen atoms in total. The molecule has 1 unspecified atom stereocenters. The molecular formula is C18H16N4OS. The van der Waals surface area contributed by atoms with Gasteiger partial charge in [0, 0.05) is 29.2 Å². The van der Waals surface area contributed by atoms with Gasteiger partial charge in [0.2, 0.25) is 0 Å². The summed E-state index contributed by atoms with van der Waals surface area (Å²) in [5.74, 6) is 0.0518. The van der Waals surface area contributed by atoms with Crippen LogP contribution in [-0.2, 0) is 11.2 Å². The largest absolute Gasteiger partial charge is 0.361 e. The third-order valence-electron chi connectivity index (χ3n) is 4.17. The molecule has 1 saturated heterocycles. The summed E-state index contributed by atoms with van der Waals surface area (Å²) in [5.41, 5.74) is 8.80. The molecule has 0 amide bonds. The number of hydrogen-bond donors (Lipinski definition) is 3. The smallest absolute Gasteiger partial charge is 0.189 e. The second-order valence-corrected chi connectivity index (χ2v) is 6.07. The van der Waals surface area contributed by atoms with E-state index in [9.17, 15) is 4.79 Å². The van der Waals surface area contributed by atoms with E-state index in [1.165, 1.54) is 0 Å². The average Bonchev–Trinajstić information content (AvgIpc) is 3.20. The van der Waals surface area contributed by atoms with Crippen LogP contribution in [0.15, 0.2) is 60.8 Å². The minimum absolute atomic E-state index is 0.0518. The number of aromatic nitrogens is 1. The number of para-hydroxylation sites is 2. The van der Waals surface area contributed by atoms with Crippen LogP contribution in [0.1, 0.15) is 5.56 Å². The summed E-state index contributed by atoms with van der Waals surface area (Å²) in [6, 6.07) is 17.6. The molecule has 0 aliphatic carbocycles. The summed E-state index contributed by atoms with van der Waals surface area (Å²) in [6.07, 6.45) is 1.71. The Labute approximate surface area is 144 Å². The van der Waals surface area contributed by atoms with Gasteiger partial charge in [-0.25, -0.2) is 5.43 Å². The molecule has 1 aromatic heterocycles. The molecular weight excluding hydrogens is 320 g/mol. The molecule has 0 radical (unpaired) electrons. The third kappa shape index (κ3) is 2.55. The number of carbonyl (C=O) groups excluding carboxylic acids is 1. The molecule has 120 valence electrons. The Morgan fingerprint density at radius 3 is 2.67 bits per heavy atom. The highest BCUT2D eigenvalue weighted by atomic mass is 32.1. The molecule has 1 aliphatic rings. The van der Waals surface area contributed by atoms with Crippen molar-refractivity contribution >= 4 is 39.7 Å². The number of rotatable bonds is 4. The lowest BCUT2D eigenvalue weighted by atomic mass is 10.1. The van der Waals surface area contributed by atoms with E-state index in [0.29, 0.717) is 11.5 Å². The standard InChI is InChI=1S/C18H16N4OS/c23-16(10-12-11-19-15-9-5-4-8-14(12)15)17-20-21-18(24)22(17)13-6-2-1-3-7-13/h1-9,11,17,19-20H,10H2,(H,21,24). The van der Waals surface area contributed by atoms with Gasteiger partial charge in [-0.05, 0) is 36.0 Å². The fraction of sp³-hybridized carbons (Fsp3) is 0.111. The van der Waals surface area contributed by atoms with Crippen molar-refractivity contribution in [2.75, 3.05) is 4.90 Å². The van der Waals surface area contributed by atoms with Gasteiger partial charge in [-0.3, -0.25) is 15.1 Å². The van der Waals surface area contributed by atoms with Gasteiger partial charge >= 0.3 is 0 Å². The summed E-state index contributed by atoms with van der Waals surface area (Å²) in [4.78, 5) is 17.9. The lowest BCUT2D eigenvalue weighted by molar-refractivity contribution is -0.120. The first-order valence-corrected chi connectivity index (χ1v) is 8.12. The van der Waals surface area contributed by atoms with E-state index in [1.54, 1.807) is 0 Å². The maximum atomic E-state index is 12.9. The van der Waals surface area contributed by atoms with Crippen LogP contribution in [0, 0.1) is 0 Å². The SMILES string of the molecule is O=C(Cc1c[nH]c2ccccc12)C1NNC(=S)N1c1ccccc1. The molecule has 1 atom stereocenters. The second kappa shape index (κ2) is 6.07. The molecule has 0 bridgehead atoms. The van der Waals surface area contributed by atoms with Crippen molar-refractivity contribution in [2.24, 2.45) is 0 Å². The van der Waals surface area contributed by atoms with Crippen LogP contribution < -0.4 is 15.8 Å². The zero-order valence-electron chi connectivity index (χ0n) is 12.8. The molecule has 2 heterocycles. The maximum Gasteiger partial charge on any atom is 0.189 e. The van der Waals surface area contributed by atoms with Gasteiger partial charge in [0.1, 0.15) is 0 Å². The summed E-state index contributed by atoms with van der Waals surface area (Å²) in [6.45, 7) is 0. The number of nitrogens with zero attached hydrogens (tertiary/aromatic N) is 1. The van der Waals surface area contributed by atoms with Gasteiger partial charge in [0.25, 0.3) is 0 Å². The predicted octanol–water partition coefficient (Wildman–Crippen LogP) is 2.50. The van der Waals surface area contributed by atoms with Crippen molar-refractivity contribution in [3.63, 3.8) is 0 Å². The molecule has 6 heteroatoms. The minimum Gasteiger partial charge on any atom is -0.361 e. The number of H-pyrrole nitrogens is 1. The van der Waals surface area contributed by atoms with Crippen LogP contribution in [0.3, 0.4) is 0 Å². The molecule has 2 aromatic carbocycles. The second-order valence-electron chi connectivity index (χ2n) is 5.69. The summed E-state index contributed by atoms with van der Waals surface area (Å²) >= 11 is 5.34. The Bertz CT molecular complexity index is 906. The number of carbonyl (C=O) groups is 1. The molecule has 0 saturated carbocycles. The summed E-state index contributed by atoms with van der Waals surface area (Å²) < 4.78 is 0. The van der Waals surface area contributed by atoms with Crippen molar-refractivity contribution in [1.82, 2.24) is 15.8 Å². The highest BCUT2D eigenvalue weighted by molar-refractivity contribution is 7.80. The number of hydrazine groups is 1. The summed E-state index contributed by atoms with van der Waals surface area (Å²) in [7, 11) is 0. The van der Waals surface area contributed by atoms with Gasteiger partial charge < -0.3 is 4.98 Å². The highest BCUT2D eigenvalue weighted by Gasteiger charge is 2.34. The maximum absolute atomic E-state index is 12.9. The van der Waals surface area contributed by atoms with Gasteiger partial charge in [-0.2, -0.15) is 0 Å². The van der Waals surface area contributed by atoms with E-state index in [1.807, 2.05) is 65.7 Å². The Balaban J connectivity index is 1.60. The van der Waals surface area contributed by atoms with E-state index < -0.39 is 6.17 Å². The molecule has 3 N–H and O–H groups in total. The Kier molecular flexibility index (Phi) is 3.76. The number of hydrogen-bond acceptors (Lipinski definition) is 3. The number of Topliss-reactive ketones (excluding diaryl/α,β-unsaturated/α-hetero) is 1. The van der Waals surface area contributed by atoms with Gasteiger partial charge in [-0.1, -0.05) is 36.4 Å². The third-order valence-corrected chi connectivity index (χ3v) is 4.47. The first-order chi connectivity index (χ1) is 11.7. The number of nitrogens with one attached hydrogen (secondary N) is 3. The highest BCUT2D eigenvalue weighted by Crippen LogP contribution is 2.22. The van der Waals surface area contributed by atoms with E-state index in [2.05, 4.69) is 15.8 Å². The molecule has 3 aromatic rings. The summed E-state index contributed by atoms with van der Waals surface area (Å²) in [5, 5.41) is 1.57. The van der Waals surface area contributed by atoms with Crippen LogP contribution in [0.2, 0.25) is 0 Å². The Morgan fingerprint density at radius 2 is 1.83 bits per heavy atom. The number of fused-ring (bicyclic) bond motifs is 1. The van der Waals surface area contributed by atoms with Crippen LogP contribution >= 0.6 is 12.2 Å². The monoisotopic (exact) mass is 336 g/mol.